The zero-order chi connectivity index (χ0) is 18.0. The number of rotatable bonds is 0. The van der Waals surface area contributed by atoms with Crippen LogP contribution in [0.5, 0.6) is 0 Å². The van der Waals surface area contributed by atoms with Crippen LogP contribution < -0.4 is 0 Å². The molecule has 6 rings (SSSR count). The lowest BCUT2D eigenvalue weighted by Gasteiger charge is -2.08. The van der Waals surface area contributed by atoms with Gasteiger partial charge in [-0.2, -0.15) is 0 Å². The van der Waals surface area contributed by atoms with Gasteiger partial charge in [-0.15, -0.1) is 0 Å². The van der Waals surface area contributed by atoms with Crippen molar-refractivity contribution in [1.82, 2.24) is 0 Å². The van der Waals surface area contributed by atoms with Gasteiger partial charge in [0.25, 0.3) is 0 Å². The molecule has 27 heavy (non-hydrogen) atoms. The Kier molecular flexibility index (Phi) is 2.90. The molecule has 0 bridgehead atoms. The molecule has 0 nitrogen and oxygen atoms in total. The second-order valence-electron chi connectivity index (χ2n) is 7.65. The Bertz CT molecular complexity index is 1520. The van der Waals surface area contributed by atoms with Crippen LogP contribution in [0.25, 0.3) is 53.9 Å². The molecule has 0 aliphatic rings. The van der Waals surface area contributed by atoms with Gasteiger partial charge in [0.05, 0.1) is 0 Å². The minimum absolute atomic E-state index is 1.30. The Balaban J connectivity index is 1.70. The highest BCUT2D eigenvalue weighted by atomic mass is 14.1. The van der Waals surface area contributed by atoms with Gasteiger partial charge in [-0.3, -0.25) is 0 Å². The van der Waals surface area contributed by atoms with Gasteiger partial charge in [0.15, 0.2) is 0 Å². The molecular formula is C27H18. The van der Waals surface area contributed by atoms with Gasteiger partial charge in [-0.25, -0.2) is 0 Å². The first-order valence-electron chi connectivity index (χ1n) is 9.43. The number of hydrogen-bond acceptors (Lipinski definition) is 0. The molecule has 0 spiro atoms. The molecule has 0 saturated heterocycles. The summed E-state index contributed by atoms with van der Waals surface area (Å²) in [6.07, 6.45) is 0. The minimum atomic E-state index is 1.30. The second-order valence-corrected chi connectivity index (χ2v) is 7.65. The predicted molar refractivity (Wildman–Crippen MR) is 119 cm³/mol. The second kappa shape index (κ2) is 5.31. The van der Waals surface area contributed by atoms with Crippen LogP contribution in [-0.4, -0.2) is 0 Å². The van der Waals surface area contributed by atoms with Crippen LogP contribution in [0.15, 0.2) is 91.0 Å². The van der Waals surface area contributed by atoms with Gasteiger partial charge < -0.3 is 0 Å². The van der Waals surface area contributed by atoms with Crippen LogP contribution in [0.2, 0.25) is 0 Å². The Hall–Kier alpha value is -3.38. The summed E-state index contributed by atoms with van der Waals surface area (Å²) in [6.45, 7) is 2.15. The summed E-state index contributed by atoms with van der Waals surface area (Å²) in [7, 11) is 0. The number of fused-ring (bicyclic) bond motifs is 5. The third-order valence-electron chi connectivity index (χ3n) is 5.73. The molecule has 6 aromatic carbocycles. The van der Waals surface area contributed by atoms with Crippen LogP contribution in [0, 0.1) is 6.92 Å². The topological polar surface area (TPSA) is 0 Å². The quantitative estimate of drug-likeness (QED) is 0.247. The van der Waals surface area contributed by atoms with E-state index in [1.165, 1.54) is 59.4 Å². The molecule has 0 unspecified atom stereocenters. The van der Waals surface area contributed by atoms with Crippen molar-refractivity contribution in [2.24, 2.45) is 0 Å². The van der Waals surface area contributed by atoms with E-state index in [0.29, 0.717) is 0 Å². The average Bonchev–Trinajstić information content (AvgIpc) is 2.67. The van der Waals surface area contributed by atoms with E-state index in [0.717, 1.165) is 0 Å². The maximum absolute atomic E-state index is 2.33. The Morgan fingerprint density at radius 2 is 0.667 bits per heavy atom. The first-order valence-corrected chi connectivity index (χ1v) is 9.43. The molecule has 0 fully saturated rings. The Morgan fingerprint density at radius 3 is 1.11 bits per heavy atom. The third-order valence-corrected chi connectivity index (χ3v) is 5.73. The molecule has 0 atom stereocenters. The largest absolute Gasteiger partial charge is 0.0616 e. The van der Waals surface area contributed by atoms with E-state index in [4.69, 9.17) is 0 Å². The maximum atomic E-state index is 2.33. The van der Waals surface area contributed by atoms with Crippen molar-refractivity contribution in [1.29, 1.82) is 0 Å². The van der Waals surface area contributed by atoms with Crippen molar-refractivity contribution in [3.05, 3.63) is 96.6 Å². The van der Waals surface area contributed by atoms with Gasteiger partial charge in [-0.05, 0) is 109 Å². The fourth-order valence-corrected chi connectivity index (χ4v) is 4.31. The zero-order valence-corrected chi connectivity index (χ0v) is 15.2. The lowest BCUT2D eigenvalue weighted by atomic mass is 9.96. The van der Waals surface area contributed by atoms with Gasteiger partial charge in [-0.1, -0.05) is 48.0 Å². The van der Waals surface area contributed by atoms with E-state index < -0.39 is 0 Å². The lowest BCUT2D eigenvalue weighted by molar-refractivity contribution is 1.51. The molecule has 0 amide bonds. The van der Waals surface area contributed by atoms with Gasteiger partial charge >= 0.3 is 0 Å². The lowest BCUT2D eigenvalue weighted by Crippen LogP contribution is -1.82. The summed E-state index contributed by atoms with van der Waals surface area (Å²) >= 11 is 0. The number of hydrogen-bond donors (Lipinski definition) is 0. The normalized spacial score (nSPS) is 11.9. The number of benzene rings is 6. The number of aryl methyl sites for hydroxylation is 1. The summed E-state index contributed by atoms with van der Waals surface area (Å²) in [6, 6.07) is 33.8. The first-order chi connectivity index (χ1) is 13.2. The maximum Gasteiger partial charge on any atom is -0.0171 e. The zero-order valence-electron chi connectivity index (χ0n) is 15.2. The molecule has 0 radical (unpaired) electrons. The molecule has 0 heteroatoms. The van der Waals surface area contributed by atoms with Crippen LogP contribution in [-0.2, 0) is 0 Å². The molecule has 6 aromatic rings. The van der Waals surface area contributed by atoms with Crippen LogP contribution in [0.1, 0.15) is 5.56 Å². The molecular weight excluding hydrogens is 324 g/mol. The van der Waals surface area contributed by atoms with Gasteiger partial charge in [0.2, 0.25) is 0 Å². The SMILES string of the molecule is Cc1ccc2cc3cc4cc5cc6ccccc6cc5cc4cc3cc2c1. The molecule has 0 aliphatic carbocycles. The minimum Gasteiger partial charge on any atom is -0.0616 e. The van der Waals surface area contributed by atoms with Crippen molar-refractivity contribution in [3.8, 4) is 0 Å². The van der Waals surface area contributed by atoms with Crippen molar-refractivity contribution in [3.63, 3.8) is 0 Å². The summed E-state index contributed by atoms with van der Waals surface area (Å²) in [5.41, 5.74) is 1.31. The highest BCUT2D eigenvalue weighted by molar-refractivity contribution is 6.10. The van der Waals surface area contributed by atoms with E-state index in [1.807, 2.05) is 0 Å². The van der Waals surface area contributed by atoms with E-state index in [1.54, 1.807) is 0 Å². The predicted octanol–water partition coefficient (Wildman–Crippen LogP) is 7.76. The molecule has 0 aliphatic heterocycles. The molecule has 0 saturated carbocycles. The first kappa shape index (κ1) is 14.8. The standard InChI is InChI=1S/C27H18/c1-17-6-7-20-11-24-15-26-13-22-9-18-4-2-3-5-19(18)10-23(22)14-27(26)16-25(24)12-21(20)8-17/h2-16H,1H3. The van der Waals surface area contributed by atoms with Gasteiger partial charge in [0, 0.05) is 0 Å². The van der Waals surface area contributed by atoms with Gasteiger partial charge in [0.1, 0.15) is 0 Å². The van der Waals surface area contributed by atoms with Crippen molar-refractivity contribution in [2.75, 3.05) is 0 Å². The molecule has 0 N–H and O–H groups in total. The summed E-state index contributed by atoms with van der Waals surface area (Å²) in [5.74, 6) is 0. The molecule has 126 valence electrons. The smallest absolute Gasteiger partial charge is 0.0171 e. The highest BCUT2D eigenvalue weighted by Crippen LogP contribution is 2.32. The van der Waals surface area contributed by atoms with Crippen LogP contribution in [0.3, 0.4) is 0 Å². The Morgan fingerprint density at radius 1 is 0.333 bits per heavy atom. The fraction of sp³-hybridized carbons (Fsp3) is 0.0370. The third kappa shape index (κ3) is 2.30. The fourth-order valence-electron chi connectivity index (χ4n) is 4.31. The van der Waals surface area contributed by atoms with Crippen molar-refractivity contribution in [2.45, 2.75) is 6.92 Å². The van der Waals surface area contributed by atoms with E-state index in [2.05, 4.69) is 97.9 Å². The molecule has 0 aromatic heterocycles. The monoisotopic (exact) mass is 342 g/mol. The van der Waals surface area contributed by atoms with E-state index in [-0.39, 0.29) is 0 Å². The molecule has 0 heterocycles. The summed E-state index contributed by atoms with van der Waals surface area (Å²) < 4.78 is 0. The van der Waals surface area contributed by atoms with Crippen molar-refractivity contribution >= 4 is 53.9 Å². The summed E-state index contributed by atoms with van der Waals surface area (Å²) in [4.78, 5) is 0. The van der Waals surface area contributed by atoms with Crippen LogP contribution >= 0.6 is 0 Å². The van der Waals surface area contributed by atoms with E-state index >= 15 is 0 Å². The highest BCUT2D eigenvalue weighted by Gasteiger charge is 2.05. The summed E-state index contributed by atoms with van der Waals surface area (Å²) in [5, 5.41) is 13.0. The Labute approximate surface area is 157 Å². The van der Waals surface area contributed by atoms with Crippen LogP contribution in [0.4, 0.5) is 0 Å². The van der Waals surface area contributed by atoms with E-state index in [9.17, 15) is 0 Å². The van der Waals surface area contributed by atoms with Crippen molar-refractivity contribution < 1.29 is 0 Å². The average molecular weight is 342 g/mol.